The van der Waals surface area contributed by atoms with Gasteiger partial charge in [0, 0.05) is 48.3 Å². The Kier molecular flexibility index (Phi) is 9.55. The predicted molar refractivity (Wildman–Crippen MR) is 99.4 cm³/mol. The Morgan fingerprint density at radius 1 is 1.22 bits per heavy atom. The van der Waals surface area contributed by atoms with Crippen LogP contribution in [0.1, 0.15) is 20.3 Å². The highest BCUT2D eigenvalue weighted by Gasteiger charge is 2.03. The first-order valence-corrected chi connectivity index (χ1v) is 9.00. The summed E-state index contributed by atoms with van der Waals surface area (Å²) in [4.78, 5) is 16.9. The van der Waals surface area contributed by atoms with Crippen molar-refractivity contribution in [2.24, 2.45) is 4.99 Å². The molecule has 128 valence electrons. The Morgan fingerprint density at radius 3 is 2.48 bits per heavy atom. The van der Waals surface area contributed by atoms with Gasteiger partial charge in [-0.05, 0) is 38.1 Å². The van der Waals surface area contributed by atoms with E-state index >= 15 is 0 Å². The van der Waals surface area contributed by atoms with Gasteiger partial charge >= 0.3 is 0 Å². The molecule has 0 saturated heterocycles. The number of nitrogens with zero attached hydrogens (tertiary/aromatic N) is 1. The van der Waals surface area contributed by atoms with Crippen molar-refractivity contribution in [3.63, 3.8) is 0 Å². The molecule has 0 aromatic heterocycles. The van der Waals surface area contributed by atoms with Crippen LogP contribution in [0.25, 0.3) is 0 Å². The number of carbonyl (C=O) groups is 1. The first kappa shape index (κ1) is 19.6. The van der Waals surface area contributed by atoms with E-state index in [1.165, 1.54) is 4.90 Å². The third-order valence-corrected chi connectivity index (χ3v) is 4.06. The van der Waals surface area contributed by atoms with Crippen LogP contribution < -0.4 is 16.0 Å². The number of aliphatic imine (C=N–C) groups is 1. The standard InChI is InChI=1S/C16H25ClN4OS/c1-12(2)21-15(22)8-9-19-16(18-3)20-10-11-23-14-6-4-13(17)5-7-14/h4-7,12H,8-11H2,1-3H3,(H,21,22)(H2,18,19,20). The van der Waals surface area contributed by atoms with E-state index in [9.17, 15) is 4.79 Å². The van der Waals surface area contributed by atoms with Gasteiger partial charge < -0.3 is 16.0 Å². The van der Waals surface area contributed by atoms with Crippen molar-refractivity contribution in [1.29, 1.82) is 0 Å². The molecule has 1 aromatic carbocycles. The number of amides is 1. The van der Waals surface area contributed by atoms with Crippen LogP contribution in [0.4, 0.5) is 0 Å². The van der Waals surface area contributed by atoms with Gasteiger partial charge in [0.05, 0.1) is 0 Å². The van der Waals surface area contributed by atoms with Gasteiger partial charge in [0.25, 0.3) is 0 Å². The lowest BCUT2D eigenvalue weighted by atomic mass is 10.3. The SMILES string of the molecule is CN=C(NCCSc1ccc(Cl)cc1)NCCC(=O)NC(C)C. The number of guanidine groups is 1. The number of rotatable bonds is 8. The lowest BCUT2D eigenvalue weighted by molar-refractivity contribution is -0.121. The second kappa shape index (κ2) is 11.2. The van der Waals surface area contributed by atoms with Crippen molar-refractivity contribution in [1.82, 2.24) is 16.0 Å². The number of carbonyl (C=O) groups excluding carboxylic acids is 1. The summed E-state index contributed by atoms with van der Waals surface area (Å²) in [5, 5.41) is 9.96. The highest BCUT2D eigenvalue weighted by atomic mass is 35.5. The summed E-state index contributed by atoms with van der Waals surface area (Å²) in [6.07, 6.45) is 0.429. The molecule has 0 radical (unpaired) electrons. The molecule has 0 atom stereocenters. The number of thioether (sulfide) groups is 1. The number of halogens is 1. The Morgan fingerprint density at radius 2 is 1.87 bits per heavy atom. The van der Waals surface area contributed by atoms with Crippen LogP contribution >= 0.6 is 23.4 Å². The van der Waals surface area contributed by atoms with E-state index in [0.29, 0.717) is 18.9 Å². The monoisotopic (exact) mass is 356 g/mol. The van der Waals surface area contributed by atoms with Gasteiger partial charge in [-0.25, -0.2) is 0 Å². The highest BCUT2D eigenvalue weighted by molar-refractivity contribution is 7.99. The third kappa shape index (κ3) is 9.36. The molecule has 0 unspecified atom stereocenters. The Bertz CT molecular complexity index is 505. The quantitative estimate of drug-likeness (QED) is 0.290. The van der Waals surface area contributed by atoms with E-state index in [-0.39, 0.29) is 11.9 Å². The van der Waals surface area contributed by atoms with Gasteiger partial charge in [-0.3, -0.25) is 9.79 Å². The summed E-state index contributed by atoms with van der Waals surface area (Å²) in [6, 6.07) is 7.96. The molecule has 23 heavy (non-hydrogen) atoms. The molecule has 3 N–H and O–H groups in total. The molecule has 7 heteroatoms. The molecular weight excluding hydrogens is 332 g/mol. The molecule has 0 spiro atoms. The number of hydrogen-bond donors (Lipinski definition) is 3. The molecular formula is C16H25ClN4OS. The average molecular weight is 357 g/mol. The molecule has 0 heterocycles. The lowest BCUT2D eigenvalue weighted by Gasteiger charge is -2.12. The van der Waals surface area contributed by atoms with E-state index < -0.39 is 0 Å². The van der Waals surface area contributed by atoms with Crippen LogP contribution in [0.2, 0.25) is 5.02 Å². The van der Waals surface area contributed by atoms with E-state index in [1.54, 1.807) is 18.8 Å². The second-order valence-corrected chi connectivity index (χ2v) is 6.81. The molecule has 1 aromatic rings. The van der Waals surface area contributed by atoms with Crippen molar-refractivity contribution in [3.8, 4) is 0 Å². The molecule has 0 aliphatic carbocycles. The summed E-state index contributed by atoms with van der Waals surface area (Å²) < 4.78 is 0. The summed E-state index contributed by atoms with van der Waals surface area (Å²) in [7, 11) is 1.72. The van der Waals surface area contributed by atoms with Gasteiger partial charge in [-0.1, -0.05) is 11.6 Å². The molecule has 0 aliphatic rings. The summed E-state index contributed by atoms with van der Waals surface area (Å²) in [5.41, 5.74) is 0. The van der Waals surface area contributed by atoms with Crippen LogP contribution in [-0.2, 0) is 4.79 Å². The first-order valence-electron chi connectivity index (χ1n) is 7.63. The Balaban J connectivity index is 2.16. The van der Waals surface area contributed by atoms with Crippen LogP contribution in [0, 0.1) is 0 Å². The largest absolute Gasteiger partial charge is 0.356 e. The summed E-state index contributed by atoms with van der Waals surface area (Å²) >= 11 is 7.61. The van der Waals surface area contributed by atoms with Crippen molar-refractivity contribution in [3.05, 3.63) is 29.3 Å². The number of nitrogens with one attached hydrogen (secondary N) is 3. The van der Waals surface area contributed by atoms with E-state index in [4.69, 9.17) is 11.6 Å². The van der Waals surface area contributed by atoms with Gasteiger partial charge in [0.2, 0.25) is 5.91 Å². The molecule has 1 rings (SSSR count). The van der Waals surface area contributed by atoms with E-state index in [0.717, 1.165) is 17.3 Å². The number of hydrogen-bond acceptors (Lipinski definition) is 3. The second-order valence-electron chi connectivity index (χ2n) is 5.20. The zero-order valence-electron chi connectivity index (χ0n) is 13.9. The van der Waals surface area contributed by atoms with Crippen molar-refractivity contribution < 1.29 is 4.79 Å². The lowest BCUT2D eigenvalue weighted by Crippen LogP contribution is -2.40. The third-order valence-electron chi connectivity index (χ3n) is 2.79. The fraction of sp³-hybridized carbons (Fsp3) is 0.500. The zero-order valence-corrected chi connectivity index (χ0v) is 15.4. The predicted octanol–water partition coefficient (Wildman–Crippen LogP) is 2.51. The molecule has 0 bridgehead atoms. The minimum atomic E-state index is 0.0428. The topological polar surface area (TPSA) is 65.5 Å². The van der Waals surface area contributed by atoms with Gasteiger partial charge in [0.1, 0.15) is 0 Å². The summed E-state index contributed by atoms with van der Waals surface area (Å²) in [5.74, 6) is 1.66. The minimum absolute atomic E-state index is 0.0428. The van der Waals surface area contributed by atoms with Crippen LogP contribution in [0.15, 0.2) is 34.2 Å². The highest BCUT2D eigenvalue weighted by Crippen LogP contribution is 2.19. The normalized spacial score (nSPS) is 11.4. The maximum Gasteiger partial charge on any atom is 0.221 e. The van der Waals surface area contributed by atoms with Crippen molar-refractivity contribution in [2.45, 2.75) is 31.2 Å². The average Bonchev–Trinajstić information content (AvgIpc) is 2.50. The Hall–Kier alpha value is -1.40. The fourth-order valence-electron chi connectivity index (χ4n) is 1.78. The van der Waals surface area contributed by atoms with Gasteiger partial charge in [-0.15, -0.1) is 11.8 Å². The van der Waals surface area contributed by atoms with E-state index in [1.807, 2.05) is 38.1 Å². The molecule has 1 amide bonds. The molecule has 0 aliphatic heterocycles. The van der Waals surface area contributed by atoms with Crippen LogP contribution in [0.3, 0.4) is 0 Å². The number of benzene rings is 1. The molecule has 0 saturated carbocycles. The fourth-order valence-corrected chi connectivity index (χ4v) is 2.67. The molecule has 5 nitrogen and oxygen atoms in total. The maximum absolute atomic E-state index is 11.5. The van der Waals surface area contributed by atoms with Crippen molar-refractivity contribution in [2.75, 3.05) is 25.9 Å². The van der Waals surface area contributed by atoms with Crippen molar-refractivity contribution >= 4 is 35.2 Å². The minimum Gasteiger partial charge on any atom is -0.356 e. The van der Waals surface area contributed by atoms with E-state index in [2.05, 4.69) is 20.9 Å². The van der Waals surface area contributed by atoms with Gasteiger partial charge in [-0.2, -0.15) is 0 Å². The maximum atomic E-state index is 11.5. The van der Waals surface area contributed by atoms with Crippen LogP contribution in [-0.4, -0.2) is 43.8 Å². The summed E-state index contributed by atoms with van der Waals surface area (Å²) in [6.45, 7) is 5.24. The smallest absolute Gasteiger partial charge is 0.221 e. The molecule has 0 fully saturated rings. The zero-order chi connectivity index (χ0) is 17.1. The van der Waals surface area contributed by atoms with Crippen LogP contribution in [0.5, 0.6) is 0 Å². The Labute approximate surface area is 147 Å². The van der Waals surface area contributed by atoms with Gasteiger partial charge in [0.15, 0.2) is 5.96 Å². The first-order chi connectivity index (χ1) is 11.0.